The summed E-state index contributed by atoms with van der Waals surface area (Å²) in [6, 6.07) is 3.45. The molecular formula is C9H11N3O2S. The molecule has 1 rings (SSSR count). The first-order valence-electron chi connectivity index (χ1n) is 4.20. The van der Waals surface area contributed by atoms with Crippen molar-refractivity contribution in [2.45, 2.75) is 0 Å². The Morgan fingerprint density at radius 3 is 3.07 bits per heavy atom. The van der Waals surface area contributed by atoms with Crippen LogP contribution in [-0.4, -0.2) is 29.6 Å². The Hall–Kier alpha value is -1.69. The normalized spacial score (nSPS) is 9.40. The van der Waals surface area contributed by atoms with Gasteiger partial charge in [0.25, 0.3) is 0 Å². The van der Waals surface area contributed by atoms with Gasteiger partial charge in [-0.25, -0.2) is 4.98 Å². The zero-order valence-corrected chi connectivity index (χ0v) is 9.00. The molecule has 1 aromatic heterocycles. The number of carbonyl (C=O) groups excluding carboxylic acids is 1. The quantitative estimate of drug-likeness (QED) is 0.567. The first kappa shape index (κ1) is 11.4. The largest absolute Gasteiger partial charge is 0.468 e. The highest BCUT2D eigenvalue weighted by Gasteiger charge is 2.07. The lowest BCUT2D eigenvalue weighted by atomic mass is 10.2. The Morgan fingerprint density at radius 1 is 1.73 bits per heavy atom. The number of methoxy groups -OCH3 is 1. The monoisotopic (exact) mass is 225 g/mol. The van der Waals surface area contributed by atoms with E-state index >= 15 is 0 Å². The number of aromatic nitrogens is 1. The maximum Gasteiger partial charge on any atom is 0.325 e. The molecule has 0 atom stereocenters. The average molecular weight is 225 g/mol. The van der Waals surface area contributed by atoms with E-state index in [0.717, 1.165) is 0 Å². The van der Waals surface area contributed by atoms with Crippen LogP contribution >= 0.6 is 12.2 Å². The number of thiocarbonyl (C=S) groups is 1. The number of carbonyl (C=O) groups is 1. The van der Waals surface area contributed by atoms with Crippen LogP contribution in [0.25, 0.3) is 0 Å². The van der Waals surface area contributed by atoms with Gasteiger partial charge < -0.3 is 15.8 Å². The van der Waals surface area contributed by atoms with Crippen molar-refractivity contribution in [3.63, 3.8) is 0 Å². The standard InChI is InChI=1S/C9H11N3O2S/c1-14-7(13)5-12-9-6(8(10)15)3-2-4-11-9/h2-4H,5H2,1H3,(H2,10,15)(H,11,12). The molecule has 5 nitrogen and oxygen atoms in total. The van der Waals surface area contributed by atoms with Crippen molar-refractivity contribution in [2.24, 2.45) is 5.73 Å². The number of hydrogen-bond acceptors (Lipinski definition) is 5. The van der Waals surface area contributed by atoms with Gasteiger partial charge in [0.05, 0.1) is 12.7 Å². The average Bonchev–Trinajstić information content (AvgIpc) is 2.26. The van der Waals surface area contributed by atoms with Gasteiger partial charge in [0.15, 0.2) is 0 Å². The molecule has 0 radical (unpaired) electrons. The van der Waals surface area contributed by atoms with Crippen molar-refractivity contribution >= 4 is 29.0 Å². The van der Waals surface area contributed by atoms with Gasteiger partial charge in [-0.1, -0.05) is 12.2 Å². The number of rotatable bonds is 4. The summed E-state index contributed by atoms with van der Waals surface area (Å²) in [4.78, 5) is 15.1. The van der Waals surface area contributed by atoms with E-state index in [1.54, 1.807) is 18.3 Å². The molecule has 0 amide bonds. The number of hydrogen-bond donors (Lipinski definition) is 2. The summed E-state index contributed by atoms with van der Waals surface area (Å²) in [7, 11) is 1.32. The highest BCUT2D eigenvalue weighted by molar-refractivity contribution is 7.80. The highest BCUT2D eigenvalue weighted by Crippen LogP contribution is 2.10. The highest BCUT2D eigenvalue weighted by atomic mass is 32.1. The summed E-state index contributed by atoms with van der Waals surface area (Å²) in [5.41, 5.74) is 6.10. The van der Waals surface area contributed by atoms with Crippen LogP contribution in [0.2, 0.25) is 0 Å². The summed E-state index contributed by atoms with van der Waals surface area (Å²) in [5, 5.41) is 2.79. The first-order valence-corrected chi connectivity index (χ1v) is 4.61. The molecule has 0 aliphatic heterocycles. The van der Waals surface area contributed by atoms with E-state index in [0.29, 0.717) is 11.4 Å². The van der Waals surface area contributed by atoms with Gasteiger partial charge in [0, 0.05) is 6.20 Å². The van der Waals surface area contributed by atoms with Gasteiger partial charge in [0.2, 0.25) is 0 Å². The lowest BCUT2D eigenvalue weighted by Gasteiger charge is -2.08. The molecule has 3 N–H and O–H groups in total. The third-order valence-corrected chi connectivity index (χ3v) is 1.92. The fraction of sp³-hybridized carbons (Fsp3) is 0.222. The van der Waals surface area contributed by atoms with Crippen LogP contribution < -0.4 is 11.1 Å². The van der Waals surface area contributed by atoms with E-state index in [4.69, 9.17) is 18.0 Å². The Bertz CT molecular complexity index is 381. The summed E-state index contributed by atoms with van der Waals surface area (Å²) in [5.74, 6) is 0.102. The second-order valence-corrected chi connectivity index (χ2v) is 3.13. The van der Waals surface area contributed by atoms with Crippen molar-refractivity contribution in [3.8, 4) is 0 Å². The van der Waals surface area contributed by atoms with E-state index in [2.05, 4.69) is 15.0 Å². The Morgan fingerprint density at radius 2 is 2.47 bits per heavy atom. The number of nitrogens with one attached hydrogen (secondary N) is 1. The molecule has 1 aromatic rings. The van der Waals surface area contributed by atoms with Crippen molar-refractivity contribution in [2.75, 3.05) is 19.0 Å². The molecule has 15 heavy (non-hydrogen) atoms. The molecule has 1 heterocycles. The topological polar surface area (TPSA) is 77.2 Å². The molecular weight excluding hydrogens is 214 g/mol. The van der Waals surface area contributed by atoms with E-state index in [1.807, 2.05) is 0 Å². The maximum atomic E-state index is 10.9. The zero-order chi connectivity index (χ0) is 11.3. The number of nitrogens with zero attached hydrogens (tertiary/aromatic N) is 1. The van der Waals surface area contributed by atoms with Crippen molar-refractivity contribution < 1.29 is 9.53 Å². The van der Waals surface area contributed by atoms with Crippen LogP contribution in [0.4, 0.5) is 5.82 Å². The summed E-state index contributed by atoms with van der Waals surface area (Å²) < 4.78 is 4.48. The van der Waals surface area contributed by atoms with Gasteiger partial charge in [-0.15, -0.1) is 0 Å². The third-order valence-electron chi connectivity index (χ3n) is 1.70. The summed E-state index contributed by atoms with van der Waals surface area (Å²) in [6.45, 7) is 0.0309. The lowest BCUT2D eigenvalue weighted by Crippen LogP contribution is -2.19. The molecule has 0 unspecified atom stereocenters. The van der Waals surface area contributed by atoms with Crippen molar-refractivity contribution in [1.82, 2.24) is 4.98 Å². The van der Waals surface area contributed by atoms with Gasteiger partial charge in [-0.3, -0.25) is 4.79 Å². The number of pyridine rings is 1. The molecule has 0 fully saturated rings. The van der Waals surface area contributed by atoms with Crippen LogP contribution in [0, 0.1) is 0 Å². The van der Waals surface area contributed by atoms with Gasteiger partial charge in [-0.05, 0) is 12.1 Å². The SMILES string of the molecule is COC(=O)CNc1ncccc1C(N)=S. The maximum absolute atomic E-state index is 10.9. The van der Waals surface area contributed by atoms with Crippen LogP contribution in [0.5, 0.6) is 0 Å². The molecule has 0 saturated heterocycles. The minimum atomic E-state index is -0.380. The lowest BCUT2D eigenvalue weighted by molar-refractivity contribution is -0.138. The Kier molecular flexibility index (Phi) is 3.99. The number of anilines is 1. The third kappa shape index (κ3) is 3.17. The second kappa shape index (κ2) is 5.26. The molecule has 0 aliphatic carbocycles. The number of esters is 1. The molecule has 0 spiro atoms. The molecule has 80 valence electrons. The van der Waals surface area contributed by atoms with Crippen LogP contribution in [0.15, 0.2) is 18.3 Å². The minimum absolute atomic E-state index is 0.0309. The van der Waals surface area contributed by atoms with Crippen LogP contribution in [0.1, 0.15) is 5.56 Å². The van der Waals surface area contributed by atoms with E-state index in [1.165, 1.54) is 7.11 Å². The Labute approximate surface area is 92.6 Å². The van der Waals surface area contributed by atoms with E-state index < -0.39 is 0 Å². The fourth-order valence-corrected chi connectivity index (χ4v) is 1.14. The molecule has 0 aliphatic rings. The van der Waals surface area contributed by atoms with Crippen molar-refractivity contribution in [3.05, 3.63) is 23.9 Å². The predicted molar refractivity (Wildman–Crippen MR) is 60.6 cm³/mol. The molecule has 0 bridgehead atoms. The number of nitrogens with two attached hydrogens (primary N) is 1. The Balaban J connectivity index is 2.76. The fourth-order valence-electron chi connectivity index (χ4n) is 0.973. The van der Waals surface area contributed by atoms with Gasteiger partial charge >= 0.3 is 5.97 Å². The molecule has 0 saturated carbocycles. The van der Waals surface area contributed by atoms with Crippen LogP contribution in [0.3, 0.4) is 0 Å². The van der Waals surface area contributed by atoms with Gasteiger partial charge in [0.1, 0.15) is 17.4 Å². The first-order chi connectivity index (χ1) is 7.15. The predicted octanol–water partition coefficient (Wildman–Crippen LogP) is 0.301. The van der Waals surface area contributed by atoms with Crippen LogP contribution in [-0.2, 0) is 9.53 Å². The molecule has 6 heteroatoms. The van der Waals surface area contributed by atoms with E-state index in [9.17, 15) is 4.79 Å². The minimum Gasteiger partial charge on any atom is -0.468 e. The zero-order valence-electron chi connectivity index (χ0n) is 8.19. The van der Waals surface area contributed by atoms with Gasteiger partial charge in [-0.2, -0.15) is 0 Å². The number of ether oxygens (including phenoxy) is 1. The van der Waals surface area contributed by atoms with E-state index in [-0.39, 0.29) is 17.5 Å². The summed E-state index contributed by atoms with van der Waals surface area (Å²) in [6.07, 6.45) is 1.58. The van der Waals surface area contributed by atoms with Crippen molar-refractivity contribution in [1.29, 1.82) is 0 Å². The summed E-state index contributed by atoms with van der Waals surface area (Å²) >= 11 is 4.84. The molecule has 0 aromatic carbocycles. The second-order valence-electron chi connectivity index (χ2n) is 2.69. The smallest absolute Gasteiger partial charge is 0.325 e.